The predicted molar refractivity (Wildman–Crippen MR) is 54.0 cm³/mol. The molecular weight excluding hydrogens is 152 g/mol. The molecule has 0 unspecified atom stereocenters. The zero-order valence-electron chi connectivity index (χ0n) is 7.00. The van der Waals surface area contributed by atoms with E-state index in [9.17, 15) is 0 Å². The summed E-state index contributed by atoms with van der Waals surface area (Å²) in [7, 11) is 0.376. The summed E-state index contributed by atoms with van der Waals surface area (Å²) in [4.78, 5) is 1.41. The van der Waals surface area contributed by atoms with E-state index in [1.54, 1.807) is 0 Å². The van der Waals surface area contributed by atoms with Crippen molar-refractivity contribution in [2.45, 2.75) is 4.90 Å². The molecule has 0 aliphatic heterocycles. The molecule has 0 aliphatic rings. The number of rotatable bonds is 2. The lowest BCUT2D eigenvalue weighted by atomic mass is 10.2. The first kappa shape index (κ1) is 8.41. The minimum absolute atomic E-state index is 0.376. The van der Waals surface area contributed by atoms with Gasteiger partial charge in [0.25, 0.3) is 0 Å². The first-order valence-corrected chi connectivity index (χ1v) is 5.58. The maximum absolute atomic E-state index is 3.71. The molecule has 58 valence electrons. The lowest BCUT2D eigenvalue weighted by Gasteiger charge is -1.95. The Morgan fingerprint density at radius 1 is 1.18 bits per heavy atom. The van der Waals surface area contributed by atoms with Gasteiger partial charge in [-0.05, 0) is 17.7 Å². The average Bonchev–Trinajstić information content (AvgIpc) is 2.05. The van der Waals surface area contributed by atoms with Crippen LogP contribution in [-0.2, 0) is 10.9 Å². The maximum Gasteiger partial charge on any atom is 0.154 e. The van der Waals surface area contributed by atoms with Gasteiger partial charge in [0.1, 0.15) is 12.5 Å². The van der Waals surface area contributed by atoms with Gasteiger partial charge in [-0.1, -0.05) is 24.8 Å². The summed E-state index contributed by atoms with van der Waals surface area (Å²) in [6, 6.07) is 8.55. The van der Waals surface area contributed by atoms with Gasteiger partial charge in [0.15, 0.2) is 4.90 Å². The molecule has 0 heterocycles. The summed E-state index contributed by atoms with van der Waals surface area (Å²) >= 11 is 0. The Kier molecular flexibility index (Phi) is 2.77. The molecule has 0 atom stereocenters. The second kappa shape index (κ2) is 3.63. The highest BCUT2D eigenvalue weighted by Crippen LogP contribution is 2.10. The third kappa shape index (κ3) is 2.12. The van der Waals surface area contributed by atoms with Crippen molar-refractivity contribution in [1.29, 1.82) is 0 Å². The Hall–Kier alpha value is -0.690. The van der Waals surface area contributed by atoms with Gasteiger partial charge in [-0.25, -0.2) is 0 Å². The molecule has 0 spiro atoms. The van der Waals surface area contributed by atoms with Crippen LogP contribution in [0.4, 0.5) is 0 Å². The molecule has 0 amide bonds. The van der Waals surface area contributed by atoms with Gasteiger partial charge in [0.05, 0.1) is 0 Å². The van der Waals surface area contributed by atoms with Crippen molar-refractivity contribution in [3.05, 3.63) is 36.4 Å². The zero-order valence-corrected chi connectivity index (χ0v) is 7.82. The Labute approximate surface area is 71.3 Å². The Bertz CT molecular complexity index is 234. The molecule has 1 rings (SSSR count). The summed E-state index contributed by atoms with van der Waals surface area (Å²) in [6.07, 6.45) is 6.32. The smallest absolute Gasteiger partial charge is 0.0985 e. The van der Waals surface area contributed by atoms with Crippen LogP contribution >= 0.6 is 0 Å². The van der Waals surface area contributed by atoms with Gasteiger partial charge in [-0.3, -0.25) is 0 Å². The zero-order chi connectivity index (χ0) is 8.27. The third-order valence-corrected chi connectivity index (χ3v) is 2.80. The topological polar surface area (TPSA) is 0 Å². The van der Waals surface area contributed by atoms with E-state index in [0.717, 1.165) is 0 Å². The van der Waals surface area contributed by atoms with E-state index < -0.39 is 0 Å². The summed E-state index contributed by atoms with van der Waals surface area (Å²) in [5.41, 5.74) is 1.19. The average molecular weight is 165 g/mol. The molecule has 0 bridgehead atoms. The normalized spacial score (nSPS) is 10.1. The second-order valence-corrected chi connectivity index (χ2v) is 4.69. The Morgan fingerprint density at radius 2 is 1.73 bits per heavy atom. The third-order valence-electron chi connectivity index (χ3n) is 1.59. The molecular formula is C10H13S+. The fourth-order valence-electron chi connectivity index (χ4n) is 0.876. The molecule has 1 heteroatoms. The van der Waals surface area contributed by atoms with Gasteiger partial charge in [0.2, 0.25) is 0 Å². The molecule has 0 fully saturated rings. The van der Waals surface area contributed by atoms with Gasteiger partial charge in [-0.2, -0.15) is 0 Å². The number of benzene rings is 1. The van der Waals surface area contributed by atoms with E-state index in [2.05, 4.69) is 43.4 Å². The van der Waals surface area contributed by atoms with Crippen LogP contribution in [0.25, 0.3) is 6.08 Å². The van der Waals surface area contributed by atoms with E-state index in [-0.39, 0.29) is 0 Å². The SMILES string of the molecule is C=Cc1ccc([S+](C)C)cc1. The summed E-state index contributed by atoms with van der Waals surface area (Å²) in [6.45, 7) is 3.71. The molecule has 0 saturated heterocycles. The summed E-state index contributed by atoms with van der Waals surface area (Å²) < 4.78 is 0. The quantitative estimate of drug-likeness (QED) is 0.591. The molecule has 1 aromatic carbocycles. The van der Waals surface area contributed by atoms with Gasteiger partial charge in [-0.15, -0.1) is 0 Å². The highest BCUT2D eigenvalue weighted by Gasteiger charge is 2.05. The molecule has 0 nitrogen and oxygen atoms in total. The summed E-state index contributed by atoms with van der Waals surface area (Å²) in [5.74, 6) is 0. The molecule has 0 radical (unpaired) electrons. The van der Waals surface area contributed by atoms with Gasteiger partial charge in [0, 0.05) is 10.9 Å². The second-order valence-electron chi connectivity index (χ2n) is 2.59. The predicted octanol–water partition coefficient (Wildman–Crippen LogP) is 2.57. The van der Waals surface area contributed by atoms with Crippen molar-refractivity contribution in [2.75, 3.05) is 12.5 Å². The van der Waals surface area contributed by atoms with Crippen LogP contribution in [0, 0.1) is 0 Å². The monoisotopic (exact) mass is 165 g/mol. The van der Waals surface area contributed by atoms with Crippen molar-refractivity contribution in [3.8, 4) is 0 Å². The van der Waals surface area contributed by atoms with Crippen molar-refractivity contribution in [1.82, 2.24) is 0 Å². The molecule has 1 aromatic rings. The van der Waals surface area contributed by atoms with Crippen molar-refractivity contribution < 1.29 is 0 Å². The van der Waals surface area contributed by atoms with Crippen LogP contribution in [0.3, 0.4) is 0 Å². The van der Waals surface area contributed by atoms with Gasteiger partial charge < -0.3 is 0 Å². The van der Waals surface area contributed by atoms with Crippen molar-refractivity contribution >= 4 is 17.0 Å². The first-order valence-electron chi connectivity index (χ1n) is 3.54. The minimum Gasteiger partial charge on any atom is -0.0985 e. The lowest BCUT2D eigenvalue weighted by molar-refractivity contribution is 1.44. The molecule has 0 saturated carbocycles. The molecule has 0 N–H and O–H groups in total. The fourth-order valence-corrected chi connectivity index (χ4v) is 1.56. The lowest BCUT2D eigenvalue weighted by Crippen LogP contribution is -1.94. The largest absolute Gasteiger partial charge is 0.154 e. The van der Waals surface area contributed by atoms with E-state index in [1.807, 2.05) is 6.08 Å². The van der Waals surface area contributed by atoms with Crippen LogP contribution in [0.5, 0.6) is 0 Å². The minimum atomic E-state index is 0.376. The van der Waals surface area contributed by atoms with Crippen molar-refractivity contribution in [2.24, 2.45) is 0 Å². The van der Waals surface area contributed by atoms with Gasteiger partial charge >= 0.3 is 0 Å². The number of hydrogen-bond donors (Lipinski definition) is 0. The standard InChI is InChI=1S/C10H13S/c1-4-9-5-7-10(8-6-9)11(2)3/h4-8H,1H2,2-3H3/q+1. The van der Waals surface area contributed by atoms with Crippen molar-refractivity contribution in [3.63, 3.8) is 0 Å². The Morgan fingerprint density at radius 3 is 2.09 bits per heavy atom. The van der Waals surface area contributed by atoms with E-state index >= 15 is 0 Å². The first-order chi connectivity index (χ1) is 5.24. The van der Waals surface area contributed by atoms with Crippen LogP contribution in [0.1, 0.15) is 5.56 Å². The van der Waals surface area contributed by atoms with Crippen LogP contribution in [-0.4, -0.2) is 12.5 Å². The highest BCUT2D eigenvalue weighted by atomic mass is 32.2. The molecule has 11 heavy (non-hydrogen) atoms. The van der Waals surface area contributed by atoms with Crippen LogP contribution in [0.2, 0.25) is 0 Å². The number of hydrogen-bond acceptors (Lipinski definition) is 0. The van der Waals surface area contributed by atoms with E-state index in [1.165, 1.54) is 10.5 Å². The Balaban J connectivity index is 2.91. The van der Waals surface area contributed by atoms with Crippen LogP contribution in [0.15, 0.2) is 35.7 Å². The molecule has 0 aromatic heterocycles. The fraction of sp³-hybridized carbons (Fsp3) is 0.200. The highest BCUT2D eigenvalue weighted by molar-refractivity contribution is 7.95. The van der Waals surface area contributed by atoms with E-state index in [0.29, 0.717) is 10.9 Å². The molecule has 0 aliphatic carbocycles. The summed E-state index contributed by atoms with van der Waals surface area (Å²) in [5, 5.41) is 0. The van der Waals surface area contributed by atoms with Crippen LogP contribution < -0.4 is 0 Å². The maximum atomic E-state index is 3.71. The van der Waals surface area contributed by atoms with E-state index in [4.69, 9.17) is 0 Å².